The lowest BCUT2D eigenvalue weighted by Crippen LogP contribution is -2.06. The SMILES string of the molecule is CNc1cccc(C(F)F)c1COc1cnccc1C. The highest BCUT2D eigenvalue weighted by molar-refractivity contribution is 5.54. The quantitative estimate of drug-likeness (QED) is 0.899. The minimum atomic E-state index is -2.53. The summed E-state index contributed by atoms with van der Waals surface area (Å²) in [6, 6.07) is 6.58. The van der Waals surface area contributed by atoms with E-state index in [0.717, 1.165) is 5.56 Å². The minimum Gasteiger partial charge on any atom is -0.487 e. The number of pyridine rings is 1. The second-order valence-corrected chi connectivity index (χ2v) is 4.35. The molecule has 2 rings (SSSR count). The highest BCUT2D eigenvalue weighted by atomic mass is 19.3. The van der Waals surface area contributed by atoms with E-state index in [0.29, 0.717) is 17.0 Å². The summed E-state index contributed by atoms with van der Waals surface area (Å²) in [6.07, 6.45) is 0.713. The van der Waals surface area contributed by atoms with Gasteiger partial charge in [0, 0.05) is 30.1 Å². The molecule has 0 aliphatic rings. The number of anilines is 1. The number of hydrogen-bond acceptors (Lipinski definition) is 3. The molecule has 0 unspecified atom stereocenters. The van der Waals surface area contributed by atoms with Crippen LogP contribution in [0.25, 0.3) is 0 Å². The Bertz CT molecular complexity index is 588. The zero-order valence-corrected chi connectivity index (χ0v) is 11.4. The molecule has 20 heavy (non-hydrogen) atoms. The van der Waals surface area contributed by atoms with Crippen LogP contribution in [0, 0.1) is 6.92 Å². The maximum Gasteiger partial charge on any atom is 0.264 e. The van der Waals surface area contributed by atoms with E-state index in [1.165, 1.54) is 6.07 Å². The van der Waals surface area contributed by atoms with E-state index in [1.807, 2.05) is 13.0 Å². The maximum absolute atomic E-state index is 13.1. The molecule has 0 radical (unpaired) electrons. The summed E-state index contributed by atoms with van der Waals surface area (Å²) in [6.45, 7) is 1.96. The van der Waals surface area contributed by atoms with Crippen molar-refractivity contribution in [3.63, 3.8) is 0 Å². The van der Waals surface area contributed by atoms with Crippen molar-refractivity contribution in [1.82, 2.24) is 4.98 Å². The Labute approximate surface area is 116 Å². The first-order valence-electron chi connectivity index (χ1n) is 6.24. The predicted octanol–water partition coefficient (Wildman–Crippen LogP) is 3.95. The zero-order chi connectivity index (χ0) is 14.5. The van der Waals surface area contributed by atoms with Crippen molar-refractivity contribution in [3.05, 3.63) is 53.3 Å². The number of aromatic nitrogens is 1. The summed E-state index contributed by atoms with van der Waals surface area (Å²) in [5.74, 6) is 0.596. The fourth-order valence-electron chi connectivity index (χ4n) is 1.95. The first-order valence-corrected chi connectivity index (χ1v) is 6.24. The lowest BCUT2D eigenvalue weighted by atomic mass is 10.1. The third-order valence-corrected chi connectivity index (χ3v) is 3.08. The molecular formula is C15H16F2N2O. The van der Waals surface area contributed by atoms with E-state index in [2.05, 4.69) is 10.3 Å². The standard InChI is InChI=1S/C15H16F2N2O/c1-10-6-7-19-8-14(10)20-9-12-11(15(16)17)4-3-5-13(12)18-2/h3-8,15,18H,9H2,1-2H3. The van der Waals surface area contributed by atoms with Crippen LogP contribution >= 0.6 is 0 Å². The lowest BCUT2D eigenvalue weighted by molar-refractivity contribution is 0.148. The second-order valence-electron chi connectivity index (χ2n) is 4.35. The van der Waals surface area contributed by atoms with Crippen molar-refractivity contribution >= 4 is 5.69 Å². The van der Waals surface area contributed by atoms with Gasteiger partial charge in [-0.2, -0.15) is 0 Å². The van der Waals surface area contributed by atoms with Crippen LogP contribution in [-0.4, -0.2) is 12.0 Å². The Balaban J connectivity index is 2.26. The monoisotopic (exact) mass is 278 g/mol. The molecule has 0 spiro atoms. The first kappa shape index (κ1) is 14.2. The topological polar surface area (TPSA) is 34.1 Å². The molecule has 0 saturated heterocycles. The summed E-state index contributed by atoms with van der Waals surface area (Å²) in [7, 11) is 1.70. The molecule has 0 atom stereocenters. The van der Waals surface area contributed by atoms with Gasteiger partial charge < -0.3 is 10.1 Å². The molecule has 1 aromatic carbocycles. The van der Waals surface area contributed by atoms with E-state index in [4.69, 9.17) is 4.74 Å². The number of ether oxygens (including phenoxy) is 1. The van der Waals surface area contributed by atoms with Gasteiger partial charge in [-0.1, -0.05) is 12.1 Å². The highest BCUT2D eigenvalue weighted by Gasteiger charge is 2.16. The summed E-state index contributed by atoms with van der Waals surface area (Å²) < 4.78 is 31.7. The van der Waals surface area contributed by atoms with Gasteiger partial charge in [0.15, 0.2) is 0 Å². The van der Waals surface area contributed by atoms with Gasteiger partial charge >= 0.3 is 0 Å². The molecule has 106 valence electrons. The molecule has 1 heterocycles. The van der Waals surface area contributed by atoms with Gasteiger partial charge in [-0.25, -0.2) is 8.78 Å². The molecule has 0 saturated carbocycles. The fraction of sp³-hybridized carbons (Fsp3) is 0.267. The van der Waals surface area contributed by atoms with Gasteiger partial charge in [-0.05, 0) is 24.6 Å². The van der Waals surface area contributed by atoms with Crippen LogP contribution in [0.1, 0.15) is 23.1 Å². The normalized spacial score (nSPS) is 10.7. The first-order chi connectivity index (χ1) is 9.63. The van der Waals surface area contributed by atoms with Crippen molar-refractivity contribution in [2.45, 2.75) is 20.0 Å². The van der Waals surface area contributed by atoms with Crippen molar-refractivity contribution in [1.29, 1.82) is 0 Å². The molecule has 0 fully saturated rings. The number of nitrogens with one attached hydrogen (secondary N) is 1. The summed E-state index contributed by atoms with van der Waals surface area (Å²) in [5, 5.41) is 2.91. The number of rotatable bonds is 5. The average Bonchev–Trinajstić information content (AvgIpc) is 2.46. The van der Waals surface area contributed by atoms with Crippen LogP contribution < -0.4 is 10.1 Å². The third-order valence-electron chi connectivity index (χ3n) is 3.08. The van der Waals surface area contributed by atoms with Crippen molar-refractivity contribution < 1.29 is 13.5 Å². The van der Waals surface area contributed by atoms with Crippen LogP contribution in [0.2, 0.25) is 0 Å². The Hall–Kier alpha value is -2.17. The Morgan fingerprint density at radius 3 is 2.75 bits per heavy atom. The van der Waals surface area contributed by atoms with E-state index in [-0.39, 0.29) is 12.2 Å². The van der Waals surface area contributed by atoms with Gasteiger partial charge in [0.25, 0.3) is 6.43 Å². The largest absolute Gasteiger partial charge is 0.487 e. The van der Waals surface area contributed by atoms with Crippen molar-refractivity contribution in [2.75, 3.05) is 12.4 Å². The third kappa shape index (κ3) is 3.04. The highest BCUT2D eigenvalue weighted by Crippen LogP contribution is 2.29. The molecule has 1 N–H and O–H groups in total. The van der Waals surface area contributed by atoms with Gasteiger partial charge in [0.1, 0.15) is 12.4 Å². The van der Waals surface area contributed by atoms with Crippen LogP contribution in [-0.2, 0) is 6.61 Å². The smallest absolute Gasteiger partial charge is 0.264 e. The molecule has 1 aromatic heterocycles. The Morgan fingerprint density at radius 1 is 1.30 bits per heavy atom. The number of nitrogens with zero attached hydrogens (tertiary/aromatic N) is 1. The van der Waals surface area contributed by atoms with E-state index < -0.39 is 6.43 Å². The lowest BCUT2D eigenvalue weighted by Gasteiger charge is -2.15. The molecule has 2 aromatic rings. The van der Waals surface area contributed by atoms with Gasteiger partial charge in [0.2, 0.25) is 0 Å². The molecule has 5 heteroatoms. The summed E-state index contributed by atoms with van der Waals surface area (Å²) in [4.78, 5) is 3.97. The van der Waals surface area contributed by atoms with Crippen LogP contribution in [0.15, 0.2) is 36.7 Å². The molecule has 3 nitrogen and oxygen atoms in total. The molecule has 0 bridgehead atoms. The minimum absolute atomic E-state index is 0.0154. The molecule has 0 aliphatic heterocycles. The van der Waals surface area contributed by atoms with Crippen LogP contribution in [0.4, 0.5) is 14.5 Å². The number of benzene rings is 1. The van der Waals surface area contributed by atoms with E-state index >= 15 is 0 Å². The average molecular weight is 278 g/mol. The van der Waals surface area contributed by atoms with Gasteiger partial charge in [-0.15, -0.1) is 0 Å². The zero-order valence-electron chi connectivity index (χ0n) is 11.4. The molecular weight excluding hydrogens is 262 g/mol. The van der Waals surface area contributed by atoms with Crippen LogP contribution in [0.3, 0.4) is 0 Å². The Kier molecular flexibility index (Phi) is 4.50. The van der Waals surface area contributed by atoms with Crippen molar-refractivity contribution in [2.24, 2.45) is 0 Å². The summed E-state index contributed by atoms with van der Waals surface area (Å²) >= 11 is 0. The number of hydrogen-bond donors (Lipinski definition) is 1. The van der Waals surface area contributed by atoms with Gasteiger partial charge in [-0.3, -0.25) is 4.98 Å². The fourth-order valence-corrected chi connectivity index (χ4v) is 1.95. The van der Waals surface area contributed by atoms with Crippen molar-refractivity contribution in [3.8, 4) is 5.75 Å². The summed E-state index contributed by atoms with van der Waals surface area (Å²) in [5.41, 5.74) is 2.01. The van der Waals surface area contributed by atoms with Crippen LogP contribution in [0.5, 0.6) is 5.75 Å². The maximum atomic E-state index is 13.1. The second kappa shape index (κ2) is 6.32. The molecule has 0 aliphatic carbocycles. The van der Waals surface area contributed by atoms with E-state index in [9.17, 15) is 8.78 Å². The predicted molar refractivity (Wildman–Crippen MR) is 74.3 cm³/mol. The molecule has 0 amide bonds. The number of alkyl halides is 2. The number of aryl methyl sites for hydroxylation is 1. The van der Waals surface area contributed by atoms with E-state index in [1.54, 1.807) is 31.6 Å². The van der Waals surface area contributed by atoms with Gasteiger partial charge in [0.05, 0.1) is 6.20 Å². The Morgan fingerprint density at radius 2 is 2.10 bits per heavy atom. The number of halogens is 2.